The summed E-state index contributed by atoms with van der Waals surface area (Å²) < 4.78 is 0. The van der Waals surface area contributed by atoms with Crippen LogP contribution < -0.4 is 10.6 Å². The molecule has 1 fully saturated rings. The number of nitrogens with zero attached hydrogens (tertiary/aromatic N) is 1. The van der Waals surface area contributed by atoms with Crippen LogP contribution in [-0.4, -0.2) is 50.1 Å². The fraction of sp³-hybridized carbons (Fsp3) is 0.500. The predicted octanol–water partition coefficient (Wildman–Crippen LogP) is 1.71. The maximum atomic E-state index is 12.0. The molecule has 0 aliphatic carbocycles. The topological polar surface area (TPSA) is 44.4 Å². The SMILES string of the molecule is Cc1cc(C(=O)NCCN2CCNCC2)ccc1Cl.Cl. The number of amides is 1. The molecular formula is C14H21Cl2N3O. The second kappa shape index (κ2) is 8.47. The molecular weight excluding hydrogens is 297 g/mol. The second-order valence-electron chi connectivity index (χ2n) is 4.81. The lowest BCUT2D eigenvalue weighted by Crippen LogP contribution is -2.46. The molecule has 20 heavy (non-hydrogen) atoms. The van der Waals surface area contributed by atoms with Gasteiger partial charge < -0.3 is 10.6 Å². The Morgan fingerprint density at radius 3 is 2.75 bits per heavy atom. The first-order chi connectivity index (χ1) is 9.16. The molecule has 0 radical (unpaired) electrons. The van der Waals surface area contributed by atoms with E-state index in [9.17, 15) is 4.79 Å². The molecule has 0 bridgehead atoms. The minimum absolute atomic E-state index is 0. The van der Waals surface area contributed by atoms with Crippen molar-refractivity contribution in [2.45, 2.75) is 6.92 Å². The van der Waals surface area contributed by atoms with E-state index in [2.05, 4.69) is 15.5 Å². The third kappa shape index (κ3) is 4.94. The minimum Gasteiger partial charge on any atom is -0.351 e. The van der Waals surface area contributed by atoms with E-state index in [4.69, 9.17) is 11.6 Å². The van der Waals surface area contributed by atoms with Crippen molar-refractivity contribution in [1.29, 1.82) is 0 Å². The van der Waals surface area contributed by atoms with E-state index in [1.54, 1.807) is 12.1 Å². The molecule has 1 amide bonds. The summed E-state index contributed by atoms with van der Waals surface area (Å²) >= 11 is 5.95. The molecule has 1 saturated heterocycles. The zero-order chi connectivity index (χ0) is 13.7. The van der Waals surface area contributed by atoms with Gasteiger partial charge in [-0.25, -0.2) is 0 Å². The van der Waals surface area contributed by atoms with Crippen molar-refractivity contribution in [3.05, 3.63) is 34.3 Å². The molecule has 1 aliphatic heterocycles. The minimum atomic E-state index is -0.0325. The van der Waals surface area contributed by atoms with E-state index in [-0.39, 0.29) is 18.3 Å². The van der Waals surface area contributed by atoms with Gasteiger partial charge >= 0.3 is 0 Å². The summed E-state index contributed by atoms with van der Waals surface area (Å²) in [6.45, 7) is 7.65. The maximum absolute atomic E-state index is 12.0. The van der Waals surface area contributed by atoms with Crippen LogP contribution in [0.4, 0.5) is 0 Å². The first-order valence-electron chi connectivity index (χ1n) is 6.64. The van der Waals surface area contributed by atoms with Crippen LogP contribution in [0.1, 0.15) is 15.9 Å². The van der Waals surface area contributed by atoms with Crippen molar-refractivity contribution in [2.24, 2.45) is 0 Å². The van der Waals surface area contributed by atoms with Crippen LogP contribution in [-0.2, 0) is 0 Å². The Morgan fingerprint density at radius 2 is 2.10 bits per heavy atom. The molecule has 6 heteroatoms. The van der Waals surface area contributed by atoms with E-state index < -0.39 is 0 Å². The van der Waals surface area contributed by atoms with Crippen LogP contribution >= 0.6 is 24.0 Å². The molecule has 0 unspecified atom stereocenters. The molecule has 112 valence electrons. The van der Waals surface area contributed by atoms with Gasteiger partial charge in [0, 0.05) is 49.9 Å². The van der Waals surface area contributed by atoms with Gasteiger partial charge in [-0.15, -0.1) is 12.4 Å². The van der Waals surface area contributed by atoms with Crippen LogP contribution in [0.15, 0.2) is 18.2 Å². The third-order valence-electron chi connectivity index (χ3n) is 3.34. The van der Waals surface area contributed by atoms with E-state index in [1.807, 2.05) is 13.0 Å². The number of hydrogen-bond donors (Lipinski definition) is 2. The van der Waals surface area contributed by atoms with Crippen LogP contribution in [0.2, 0.25) is 5.02 Å². The van der Waals surface area contributed by atoms with Gasteiger partial charge in [-0.05, 0) is 30.7 Å². The summed E-state index contributed by atoms with van der Waals surface area (Å²) in [5.74, 6) is -0.0325. The largest absolute Gasteiger partial charge is 0.351 e. The van der Waals surface area contributed by atoms with Crippen LogP contribution in [0, 0.1) is 6.92 Å². The Balaban J connectivity index is 0.00000200. The zero-order valence-electron chi connectivity index (χ0n) is 11.6. The molecule has 0 atom stereocenters. The standard InChI is InChI=1S/C14H20ClN3O.ClH/c1-11-10-12(2-3-13(11)15)14(19)17-6-9-18-7-4-16-5-8-18;/h2-3,10,16H,4-9H2,1H3,(H,17,19);1H. The van der Waals surface area contributed by atoms with Gasteiger partial charge in [0.15, 0.2) is 0 Å². The first-order valence-corrected chi connectivity index (χ1v) is 7.02. The van der Waals surface area contributed by atoms with Crippen LogP contribution in [0.25, 0.3) is 0 Å². The first kappa shape index (κ1) is 17.2. The van der Waals surface area contributed by atoms with Crippen molar-refractivity contribution in [3.8, 4) is 0 Å². The number of aryl methyl sites for hydroxylation is 1. The molecule has 0 saturated carbocycles. The summed E-state index contributed by atoms with van der Waals surface area (Å²) in [4.78, 5) is 14.3. The van der Waals surface area contributed by atoms with Gasteiger partial charge in [0.1, 0.15) is 0 Å². The molecule has 2 N–H and O–H groups in total. The van der Waals surface area contributed by atoms with Gasteiger partial charge in [-0.2, -0.15) is 0 Å². The number of carbonyl (C=O) groups excluding carboxylic acids is 1. The van der Waals surface area contributed by atoms with Crippen molar-refractivity contribution in [2.75, 3.05) is 39.3 Å². The second-order valence-corrected chi connectivity index (χ2v) is 5.22. The number of piperazine rings is 1. The molecule has 0 spiro atoms. The molecule has 4 nitrogen and oxygen atoms in total. The summed E-state index contributed by atoms with van der Waals surface area (Å²) in [6, 6.07) is 5.35. The molecule has 2 rings (SSSR count). The number of carbonyl (C=O) groups is 1. The molecule has 0 aromatic heterocycles. The number of halogens is 2. The summed E-state index contributed by atoms with van der Waals surface area (Å²) in [7, 11) is 0. The number of rotatable bonds is 4. The number of hydrogen-bond acceptors (Lipinski definition) is 3. The normalized spacial score (nSPS) is 15.5. The predicted molar refractivity (Wildman–Crippen MR) is 85.1 cm³/mol. The van der Waals surface area contributed by atoms with Crippen molar-refractivity contribution in [1.82, 2.24) is 15.5 Å². The van der Waals surface area contributed by atoms with Gasteiger partial charge in [0.05, 0.1) is 0 Å². The maximum Gasteiger partial charge on any atom is 0.251 e. The Labute approximate surface area is 131 Å². The van der Waals surface area contributed by atoms with Crippen molar-refractivity contribution >= 4 is 29.9 Å². The third-order valence-corrected chi connectivity index (χ3v) is 3.77. The Kier molecular flexibility index (Phi) is 7.30. The highest BCUT2D eigenvalue weighted by atomic mass is 35.5. The lowest BCUT2D eigenvalue weighted by molar-refractivity contribution is 0.0947. The number of nitrogens with one attached hydrogen (secondary N) is 2. The highest BCUT2D eigenvalue weighted by Crippen LogP contribution is 2.16. The molecule has 1 aliphatic rings. The zero-order valence-corrected chi connectivity index (χ0v) is 13.2. The highest BCUT2D eigenvalue weighted by Gasteiger charge is 2.10. The van der Waals surface area contributed by atoms with E-state index in [1.165, 1.54) is 0 Å². The summed E-state index contributed by atoms with van der Waals surface area (Å²) in [5.41, 5.74) is 1.60. The van der Waals surface area contributed by atoms with E-state index in [0.29, 0.717) is 17.1 Å². The van der Waals surface area contributed by atoms with Gasteiger partial charge in [0.2, 0.25) is 0 Å². The van der Waals surface area contributed by atoms with E-state index >= 15 is 0 Å². The quantitative estimate of drug-likeness (QED) is 0.888. The van der Waals surface area contributed by atoms with Gasteiger partial charge in [-0.3, -0.25) is 9.69 Å². The molecule has 1 aromatic rings. The fourth-order valence-electron chi connectivity index (χ4n) is 2.15. The van der Waals surface area contributed by atoms with Crippen LogP contribution in [0.3, 0.4) is 0 Å². The molecule has 1 aromatic carbocycles. The smallest absolute Gasteiger partial charge is 0.251 e. The Hall–Kier alpha value is -0.810. The summed E-state index contributed by atoms with van der Waals surface area (Å²) in [5, 5.41) is 6.95. The average Bonchev–Trinajstić information content (AvgIpc) is 2.43. The lowest BCUT2D eigenvalue weighted by atomic mass is 10.1. The fourth-order valence-corrected chi connectivity index (χ4v) is 2.27. The van der Waals surface area contributed by atoms with Gasteiger partial charge in [0.25, 0.3) is 5.91 Å². The Bertz CT molecular complexity index is 448. The highest BCUT2D eigenvalue weighted by molar-refractivity contribution is 6.31. The van der Waals surface area contributed by atoms with Crippen LogP contribution in [0.5, 0.6) is 0 Å². The number of benzene rings is 1. The monoisotopic (exact) mass is 317 g/mol. The average molecular weight is 318 g/mol. The molecule has 1 heterocycles. The van der Waals surface area contributed by atoms with E-state index in [0.717, 1.165) is 38.3 Å². The van der Waals surface area contributed by atoms with Crippen molar-refractivity contribution < 1.29 is 4.79 Å². The lowest BCUT2D eigenvalue weighted by Gasteiger charge is -2.27. The summed E-state index contributed by atoms with van der Waals surface area (Å²) in [6.07, 6.45) is 0. The van der Waals surface area contributed by atoms with Gasteiger partial charge in [-0.1, -0.05) is 11.6 Å². The van der Waals surface area contributed by atoms with Crippen molar-refractivity contribution in [3.63, 3.8) is 0 Å². The Morgan fingerprint density at radius 1 is 1.40 bits per heavy atom.